The third kappa shape index (κ3) is 2.10. The summed E-state index contributed by atoms with van der Waals surface area (Å²) in [6.45, 7) is 0. The van der Waals surface area contributed by atoms with Gasteiger partial charge in [-0.2, -0.15) is 0 Å². The van der Waals surface area contributed by atoms with E-state index in [0.717, 1.165) is 0 Å². The number of nitrogens with zero attached hydrogens (tertiary/aromatic N) is 1. The third-order valence-electron chi connectivity index (χ3n) is 2.40. The van der Waals surface area contributed by atoms with Gasteiger partial charge in [0.2, 0.25) is 15.7 Å². The van der Waals surface area contributed by atoms with Gasteiger partial charge in [0.05, 0.1) is 15.4 Å². The van der Waals surface area contributed by atoms with Crippen molar-refractivity contribution in [2.24, 2.45) is 5.73 Å². The van der Waals surface area contributed by atoms with Crippen LogP contribution in [0.25, 0.3) is 0 Å². The van der Waals surface area contributed by atoms with Crippen LogP contribution in [0.1, 0.15) is 10.4 Å². The first-order chi connectivity index (χ1) is 8.53. The molecule has 2 rings (SSSR count). The number of carbonyl (C=O) groups excluding carboxylic acids is 1. The molecule has 0 atom stereocenters. The quantitative estimate of drug-likeness (QED) is 0.893. The van der Waals surface area contributed by atoms with Crippen molar-refractivity contribution in [2.45, 2.75) is 9.79 Å². The Balaban J connectivity index is 2.66. The molecule has 0 aliphatic heterocycles. The molecule has 0 aliphatic carbocycles. The lowest BCUT2D eigenvalue weighted by molar-refractivity contribution is 0.0997. The minimum absolute atomic E-state index is 0.0192. The summed E-state index contributed by atoms with van der Waals surface area (Å²) in [5, 5.41) is 0. The zero-order valence-corrected chi connectivity index (χ0v) is 10.1. The first kappa shape index (κ1) is 12.3. The summed E-state index contributed by atoms with van der Waals surface area (Å²) in [5.74, 6) is -0.775. The number of hydrogen-bond acceptors (Lipinski definition) is 4. The fourth-order valence-electron chi connectivity index (χ4n) is 1.55. The van der Waals surface area contributed by atoms with Crippen molar-refractivity contribution in [3.63, 3.8) is 0 Å². The minimum atomic E-state index is -3.76. The van der Waals surface area contributed by atoms with E-state index in [1.165, 1.54) is 36.7 Å². The van der Waals surface area contributed by atoms with Crippen molar-refractivity contribution >= 4 is 15.7 Å². The highest BCUT2D eigenvalue weighted by atomic mass is 32.2. The van der Waals surface area contributed by atoms with Crippen LogP contribution in [-0.4, -0.2) is 19.3 Å². The van der Waals surface area contributed by atoms with E-state index in [9.17, 15) is 13.2 Å². The maximum atomic E-state index is 12.3. The van der Waals surface area contributed by atoms with Crippen LogP contribution in [0.2, 0.25) is 0 Å². The molecule has 5 nitrogen and oxygen atoms in total. The van der Waals surface area contributed by atoms with E-state index in [1.807, 2.05) is 0 Å². The van der Waals surface area contributed by atoms with Gasteiger partial charge in [0.1, 0.15) is 0 Å². The lowest BCUT2D eigenvalue weighted by Crippen LogP contribution is -2.16. The normalized spacial score (nSPS) is 11.1. The molecule has 0 bridgehead atoms. The molecule has 0 aliphatic rings. The number of aromatic nitrogens is 1. The van der Waals surface area contributed by atoms with Crippen molar-refractivity contribution in [1.29, 1.82) is 0 Å². The second-order valence-corrected chi connectivity index (χ2v) is 5.46. The van der Waals surface area contributed by atoms with E-state index >= 15 is 0 Å². The van der Waals surface area contributed by atoms with Crippen molar-refractivity contribution in [3.05, 3.63) is 54.4 Å². The van der Waals surface area contributed by atoms with Gasteiger partial charge < -0.3 is 5.73 Å². The molecule has 1 aromatic carbocycles. The van der Waals surface area contributed by atoms with Crippen LogP contribution in [0.5, 0.6) is 0 Å². The smallest absolute Gasteiger partial charge is 0.250 e. The van der Waals surface area contributed by atoms with E-state index < -0.39 is 15.7 Å². The highest BCUT2D eigenvalue weighted by Crippen LogP contribution is 2.23. The summed E-state index contributed by atoms with van der Waals surface area (Å²) >= 11 is 0. The van der Waals surface area contributed by atoms with Crippen molar-refractivity contribution in [3.8, 4) is 0 Å². The Morgan fingerprint density at radius 1 is 1.06 bits per heavy atom. The molecule has 0 unspecified atom stereocenters. The van der Waals surface area contributed by atoms with Gasteiger partial charge in [-0.05, 0) is 24.3 Å². The molecule has 6 heteroatoms. The summed E-state index contributed by atoms with van der Waals surface area (Å²) in [5.41, 5.74) is 5.15. The molecular weight excluding hydrogens is 252 g/mol. The van der Waals surface area contributed by atoms with Crippen LogP contribution in [0.3, 0.4) is 0 Å². The molecule has 1 aromatic heterocycles. The lowest BCUT2D eigenvalue weighted by atomic mass is 10.2. The molecule has 18 heavy (non-hydrogen) atoms. The second kappa shape index (κ2) is 4.58. The molecule has 0 saturated heterocycles. The number of amides is 1. The molecule has 0 spiro atoms. The van der Waals surface area contributed by atoms with Crippen molar-refractivity contribution in [1.82, 2.24) is 4.98 Å². The van der Waals surface area contributed by atoms with Crippen LogP contribution in [0.15, 0.2) is 58.6 Å². The average Bonchev–Trinajstić information content (AvgIpc) is 2.39. The maximum absolute atomic E-state index is 12.3. The van der Waals surface area contributed by atoms with Crippen LogP contribution in [-0.2, 0) is 9.84 Å². The van der Waals surface area contributed by atoms with E-state index in [2.05, 4.69) is 4.98 Å². The number of primary amides is 1. The number of rotatable bonds is 3. The van der Waals surface area contributed by atoms with Gasteiger partial charge in [0.15, 0.2) is 0 Å². The van der Waals surface area contributed by atoms with Gasteiger partial charge >= 0.3 is 0 Å². The first-order valence-corrected chi connectivity index (χ1v) is 6.56. The number of nitrogens with two attached hydrogens (primary N) is 1. The molecule has 0 radical (unpaired) electrons. The minimum Gasteiger partial charge on any atom is -0.366 e. The predicted molar refractivity (Wildman–Crippen MR) is 64.6 cm³/mol. The number of sulfone groups is 1. The Morgan fingerprint density at radius 3 is 2.28 bits per heavy atom. The Bertz CT molecular complexity index is 681. The van der Waals surface area contributed by atoms with Crippen LogP contribution < -0.4 is 5.73 Å². The van der Waals surface area contributed by atoms with E-state index in [4.69, 9.17) is 5.73 Å². The Labute approximate surface area is 104 Å². The molecule has 2 aromatic rings. The molecule has 92 valence electrons. The fourth-order valence-corrected chi connectivity index (χ4v) is 3.00. The van der Waals surface area contributed by atoms with Crippen molar-refractivity contribution in [2.75, 3.05) is 0 Å². The van der Waals surface area contributed by atoms with Crippen LogP contribution >= 0.6 is 0 Å². The summed E-state index contributed by atoms with van der Waals surface area (Å²) < 4.78 is 24.6. The summed E-state index contributed by atoms with van der Waals surface area (Å²) in [6, 6.07) is 8.58. The highest BCUT2D eigenvalue weighted by molar-refractivity contribution is 7.91. The van der Waals surface area contributed by atoms with Gasteiger partial charge in [-0.25, -0.2) is 8.42 Å². The van der Waals surface area contributed by atoms with Gasteiger partial charge in [0, 0.05) is 12.4 Å². The molecule has 1 heterocycles. The first-order valence-electron chi connectivity index (χ1n) is 5.07. The van der Waals surface area contributed by atoms with Gasteiger partial charge in [0.25, 0.3) is 0 Å². The predicted octanol–water partition coefficient (Wildman–Crippen LogP) is 1.01. The van der Waals surface area contributed by atoms with E-state index in [0.29, 0.717) is 0 Å². The summed E-state index contributed by atoms with van der Waals surface area (Å²) in [4.78, 5) is 15.0. The van der Waals surface area contributed by atoms with Gasteiger partial charge in [-0.15, -0.1) is 0 Å². The second-order valence-electron chi connectivity index (χ2n) is 3.55. The number of pyridine rings is 1. The Hall–Kier alpha value is -2.21. The standard InChI is InChI=1S/C12H10N2O3S/c13-12(15)10-3-1-2-4-11(10)18(16,17)9-5-7-14-8-6-9/h1-8H,(H2,13,15). The maximum Gasteiger partial charge on any atom is 0.250 e. The van der Waals surface area contributed by atoms with Crippen molar-refractivity contribution < 1.29 is 13.2 Å². The molecule has 0 saturated carbocycles. The van der Waals surface area contributed by atoms with Gasteiger partial charge in [-0.1, -0.05) is 12.1 Å². The number of carbonyl (C=O) groups is 1. The summed E-state index contributed by atoms with van der Waals surface area (Å²) in [6.07, 6.45) is 2.75. The third-order valence-corrected chi connectivity index (χ3v) is 4.23. The molecular formula is C12H10N2O3S. The zero-order chi connectivity index (χ0) is 13.2. The van der Waals surface area contributed by atoms with Gasteiger partial charge in [-0.3, -0.25) is 9.78 Å². The average molecular weight is 262 g/mol. The topological polar surface area (TPSA) is 90.1 Å². The largest absolute Gasteiger partial charge is 0.366 e. The van der Waals surface area contributed by atoms with Crippen LogP contribution in [0, 0.1) is 0 Å². The number of hydrogen-bond donors (Lipinski definition) is 1. The molecule has 2 N–H and O–H groups in total. The molecule has 0 fully saturated rings. The SMILES string of the molecule is NC(=O)c1ccccc1S(=O)(=O)c1ccncc1. The summed E-state index contributed by atoms with van der Waals surface area (Å²) in [7, 11) is -3.76. The lowest BCUT2D eigenvalue weighted by Gasteiger charge is -2.07. The monoisotopic (exact) mass is 262 g/mol. The van der Waals surface area contributed by atoms with E-state index in [1.54, 1.807) is 12.1 Å². The van der Waals surface area contributed by atoms with E-state index in [-0.39, 0.29) is 15.4 Å². The Morgan fingerprint density at radius 2 is 1.67 bits per heavy atom. The molecule has 1 amide bonds. The Kier molecular flexibility index (Phi) is 3.12. The number of benzene rings is 1. The highest BCUT2D eigenvalue weighted by Gasteiger charge is 2.22. The zero-order valence-electron chi connectivity index (χ0n) is 9.28. The van der Waals surface area contributed by atoms with Crippen LogP contribution in [0.4, 0.5) is 0 Å². The fraction of sp³-hybridized carbons (Fsp3) is 0.